The zero-order valence-corrected chi connectivity index (χ0v) is 19.3. The molecular weight excluding hydrogens is 432 g/mol. The van der Waals surface area contributed by atoms with Crippen LogP contribution in [0.5, 0.6) is 0 Å². The maximum absolute atomic E-state index is 13.8. The first-order valence-corrected chi connectivity index (χ1v) is 11.2. The Morgan fingerprint density at radius 3 is 2.61 bits per heavy atom. The third kappa shape index (κ3) is 3.57. The van der Waals surface area contributed by atoms with Gasteiger partial charge in [0.1, 0.15) is 18.5 Å². The highest BCUT2D eigenvalue weighted by Gasteiger charge is 2.67. The van der Waals surface area contributed by atoms with Gasteiger partial charge in [0.25, 0.3) is 0 Å². The lowest BCUT2D eigenvalue weighted by atomic mass is 9.43. The van der Waals surface area contributed by atoms with Gasteiger partial charge in [0, 0.05) is 24.8 Å². The molecule has 3 aliphatic rings. The molecule has 0 bridgehead atoms. The van der Waals surface area contributed by atoms with Crippen LogP contribution >= 0.6 is 0 Å². The average molecular weight is 462 g/mol. The van der Waals surface area contributed by atoms with Crippen LogP contribution in [-0.4, -0.2) is 42.0 Å². The molecule has 0 spiro atoms. The van der Waals surface area contributed by atoms with E-state index in [1.54, 1.807) is 6.07 Å². The van der Waals surface area contributed by atoms with Crippen LogP contribution in [0.1, 0.15) is 63.9 Å². The van der Waals surface area contributed by atoms with Gasteiger partial charge in [-0.05, 0) is 36.2 Å². The van der Waals surface area contributed by atoms with E-state index >= 15 is 0 Å². The van der Waals surface area contributed by atoms with Gasteiger partial charge in [0.2, 0.25) is 0 Å². The second-order valence-corrected chi connectivity index (χ2v) is 9.93. The molecule has 9 heteroatoms. The number of Topliss-reactive ketones (excluding diaryl/α,β-unsaturated/α-hetero) is 1. The topological polar surface area (TPSA) is 129 Å². The van der Waals surface area contributed by atoms with Crippen LogP contribution in [0.25, 0.3) is 0 Å². The highest BCUT2D eigenvalue weighted by Crippen LogP contribution is 2.65. The molecule has 0 unspecified atom stereocenters. The molecule has 1 aliphatic heterocycles. The van der Waals surface area contributed by atoms with Crippen molar-refractivity contribution in [1.82, 2.24) is 0 Å². The summed E-state index contributed by atoms with van der Waals surface area (Å²) < 4.78 is 21.5. The van der Waals surface area contributed by atoms with Crippen LogP contribution in [0.15, 0.2) is 16.7 Å². The van der Waals surface area contributed by atoms with Gasteiger partial charge in [0.15, 0.2) is 11.9 Å². The van der Waals surface area contributed by atoms with E-state index in [9.17, 15) is 24.3 Å². The fourth-order valence-electron chi connectivity index (χ4n) is 6.76. The fourth-order valence-corrected chi connectivity index (χ4v) is 6.76. The number of aliphatic hydroxyl groups excluding tert-OH is 1. The van der Waals surface area contributed by atoms with Gasteiger partial charge in [-0.1, -0.05) is 13.8 Å². The minimum atomic E-state index is -1.08. The Labute approximate surface area is 191 Å². The highest BCUT2D eigenvalue weighted by atomic mass is 16.6. The van der Waals surface area contributed by atoms with Crippen LogP contribution < -0.4 is 0 Å². The molecule has 1 N–H and O–H groups in total. The number of ether oxygens (including phenoxy) is 3. The third-order valence-electron chi connectivity index (χ3n) is 8.17. The van der Waals surface area contributed by atoms with Gasteiger partial charge in [-0.2, -0.15) is 0 Å². The SMILES string of the molecule is COC(=O)[C@@H]1C[C@H](OC(C)=O)C(=O)[C@H]2[C@@]1(C)CC[C@H]1C(=O)O[C@H](c3ccoc3CO)C[C@]21C. The zero-order valence-electron chi connectivity index (χ0n) is 19.3. The van der Waals surface area contributed by atoms with E-state index in [2.05, 4.69) is 0 Å². The van der Waals surface area contributed by atoms with Gasteiger partial charge in [-0.25, -0.2) is 0 Å². The maximum atomic E-state index is 13.8. The molecule has 1 aromatic rings. The molecule has 33 heavy (non-hydrogen) atoms. The minimum absolute atomic E-state index is 0.0586. The Kier molecular flexibility index (Phi) is 5.88. The van der Waals surface area contributed by atoms with Crippen LogP contribution in [0.2, 0.25) is 0 Å². The summed E-state index contributed by atoms with van der Waals surface area (Å²) in [5, 5.41) is 9.62. The Balaban J connectivity index is 1.80. The number of carbonyl (C=O) groups is 4. The molecule has 1 aromatic heterocycles. The lowest BCUT2D eigenvalue weighted by Gasteiger charge is -2.61. The maximum Gasteiger partial charge on any atom is 0.310 e. The summed E-state index contributed by atoms with van der Waals surface area (Å²) in [6.07, 6.45) is 0.921. The van der Waals surface area contributed by atoms with E-state index in [0.29, 0.717) is 30.6 Å². The van der Waals surface area contributed by atoms with E-state index in [0.717, 1.165) is 0 Å². The molecule has 0 amide bonds. The summed E-state index contributed by atoms with van der Waals surface area (Å²) in [7, 11) is 1.30. The molecular formula is C24H30O9. The minimum Gasteiger partial charge on any atom is -0.469 e. The van der Waals surface area contributed by atoms with Gasteiger partial charge in [0.05, 0.1) is 25.2 Å². The third-order valence-corrected chi connectivity index (χ3v) is 8.17. The summed E-state index contributed by atoms with van der Waals surface area (Å²) in [5.74, 6) is -3.40. The number of rotatable bonds is 4. The summed E-state index contributed by atoms with van der Waals surface area (Å²) in [6, 6.07) is 1.65. The number of hydrogen-bond acceptors (Lipinski definition) is 9. The van der Waals surface area contributed by atoms with Crippen molar-refractivity contribution in [3.05, 3.63) is 23.7 Å². The molecule has 180 valence electrons. The van der Waals surface area contributed by atoms with Gasteiger partial charge in [-0.3, -0.25) is 19.2 Å². The molecule has 9 nitrogen and oxygen atoms in total. The second-order valence-electron chi connectivity index (χ2n) is 9.93. The van der Waals surface area contributed by atoms with Crippen molar-refractivity contribution in [2.75, 3.05) is 7.11 Å². The zero-order chi connectivity index (χ0) is 24.1. The first-order chi connectivity index (χ1) is 15.6. The van der Waals surface area contributed by atoms with Gasteiger partial charge in [-0.15, -0.1) is 0 Å². The number of fused-ring (bicyclic) bond motifs is 3. The van der Waals surface area contributed by atoms with E-state index in [1.165, 1.54) is 20.3 Å². The molecule has 2 heterocycles. The lowest BCUT2D eigenvalue weighted by molar-refractivity contribution is -0.210. The quantitative estimate of drug-likeness (QED) is 0.530. The van der Waals surface area contributed by atoms with Crippen molar-refractivity contribution in [3.8, 4) is 0 Å². The van der Waals surface area contributed by atoms with Crippen molar-refractivity contribution < 1.29 is 42.9 Å². The number of carbonyl (C=O) groups excluding carboxylic acids is 4. The molecule has 2 aliphatic carbocycles. The number of ketones is 1. The molecule has 7 atom stereocenters. The highest BCUT2D eigenvalue weighted by molar-refractivity contribution is 5.93. The van der Waals surface area contributed by atoms with Crippen molar-refractivity contribution in [1.29, 1.82) is 0 Å². The summed E-state index contributed by atoms with van der Waals surface area (Å²) in [6.45, 7) is 4.65. The predicted molar refractivity (Wildman–Crippen MR) is 111 cm³/mol. The number of hydrogen-bond donors (Lipinski definition) is 1. The smallest absolute Gasteiger partial charge is 0.310 e. The molecule has 1 saturated heterocycles. The number of esters is 3. The largest absolute Gasteiger partial charge is 0.469 e. The normalized spacial score (nSPS) is 38.0. The first kappa shape index (κ1) is 23.5. The van der Waals surface area contributed by atoms with Crippen molar-refractivity contribution in [3.63, 3.8) is 0 Å². The predicted octanol–water partition coefficient (Wildman–Crippen LogP) is 2.49. The lowest BCUT2D eigenvalue weighted by Crippen LogP contribution is -2.64. The van der Waals surface area contributed by atoms with E-state index in [4.69, 9.17) is 18.6 Å². The average Bonchev–Trinajstić information content (AvgIpc) is 3.23. The monoisotopic (exact) mass is 462 g/mol. The van der Waals surface area contributed by atoms with Crippen LogP contribution in [0.4, 0.5) is 0 Å². The second kappa shape index (κ2) is 8.27. The number of cyclic esters (lactones) is 1. The van der Waals surface area contributed by atoms with Gasteiger partial charge >= 0.3 is 17.9 Å². The Morgan fingerprint density at radius 1 is 1.24 bits per heavy atom. The van der Waals surface area contributed by atoms with E-state index in [-0.39, 0.29) is 18.8 Å². The van der Waals surface area contributed by atoms with E-state index < -0.39 is 58.7 Å². The van der Waals surface area contributed by atoms with Gasteiger partial charge < -0.3 is 23.7 Å². The fraction of sp³-hybridized carbons (Fsp3) is 0.667. The van der Waals surface area contributed by atoms with Crippen molar-refractivity contribution in [2.45, 2.75) is 65.3 Å². The summed E-state index contributed by atoms with van der Waals surface area (Å²) >= 11 is 0. The molecule has 2 saturated carbocycles. The summed E-state index contributed by atoms with van der Waals surface area (Å²) in [5.41, 5.74) is -1.08. The van der Waals surface area contributed by atoms with Crippen LogP contribution in [-0.2, 0) is 40.0 Å². The molecule has 3 fully saturated rings. The Morgan fingerprint density at radius 2 is 1.97 bits per heavy atom. The van der Waals surface area contributed by atoms with Crippen molar-refractivity contribution in [2.24, 2.45) is 28.6 Å². The Hall–Kier alpha value is -2.68. The Bertz CT molecular complexity index is 980. The summed E-state index contributed by atoms with van der Waals surface area (Å²) in [4.78, 5) is 51.5. The number of methoxy groups -OCH3 is 1. The van der Waals surface area contributed by atoms with Crippen molar-refractivity contribution >= 4 is 23.7 Å². The number of furan rings is 1. The number of aliphatic hydroxyl groups is 1. The van der Waals surface area contributed by atoms with Crippen LogP contribution in [0, 0.1) is 28.6 Å². The van der Waals surface area contributed by atoms with Crippen LogP contribution in [0.3, 0.4) is 0 Å². The first-order valence-electron chi connectivity index (χ1n) is 11.2. The standard InChI is InChI=1S/C24H30O9/c1-12(26)32-16-9-15(21(28)30-4)23(2)7-5-14-22(29)33-17(13-6-8-31-18(13)11-25)10-24(14,3)20(23)19(16)27/h6,8,14-17,20,25H,5,7,9-11H2,1-4H3/t14-,15-,16-,17-,20-,23-,24-/m0/s1. The molecule has 4 rings (SSSR count). The van der Waals surface area contributed by atoms with E-state index in [1.807, 2.05) is 13.8 Å². The molecule has 0 aromatic carbocycles. The molecule has 0 radical (unpaired) electrons.